The summed E-state index contributed by atoms with van der Waals surface area (Å²) >= 11 is 0. The lowest BCUT2D eigenvalue weighted by Crippen LogP contribution is -1.83. The summed E-state index contributed by atoms with van der Waals surface area (Å²) in [5.41, 5.74) is 1.33. The van der Waals surface area contributed by atoms with Gasteiger partial charge in [0.25, 0.3) is 0 Å². The van der Waals surface area contributed by atoms with Gasteiger partial charge in [0.2, 0.25) is 0 Å². The Kier molecular flexibility index (Phi) is 12.7. The molecular weight excluding hydrogens is 156 g/mol. The molecule has 0 aromatic heterocycles. The van der Waals surface area contributed by atoms with E-state index in [1.165, 1.54) is 5.57 Å². The van der Waals surface area contributed by atoms with Crippen molar-refractivity contribution in [2.45, 2.75) is 41.5 Å². The zero-order valence-electron chi connectivity index (χ0n) is 9.96. The Morgan fingerprint density at radius 3 is 2.00 bits per heavy atom. The fourth-order valence-corrected chi connectivity index (χ4v) is 1.09. The molecule has 0 spiro atoms. The highest BCUT2D eigenvalue weighted by atomic mass is 13.9. The Bertz CT molecular complexity index is 170. The average molecular weight is 180 g/mol. The largest absolute Gasteiger partial charge is 0.0911 e. The van der Waals surface area contributed by atoms with Crippen LogP contribution in [0.4, 0.5) is 0 Å². The van der Waals surface area contributed by atoms with E-state index in [9.17, 15) is 0 Å². The molecule has 0 aromatic carbocycles. The maximum absolute atomic E-state index is 2.25. The Morgan fingerprint density at radius 2 is 1.62 bits per heavy atom. The second kappa shape index (κ2) is 11.2. The van der Waals surface area contributed by atoms with Crippen molar-refractivity contribution in [2.75, 3.05) is 0 Å². The first-order valence-electron chi connectivity index (χ1n) is 5.14. The van der Waals surface area contributed by atoms with E-state index in [4.69, 9.17) is 0 Å². The van der Waals surface area contributed by atoms with Crippen molar-refractivity contribution in [3.05, 3.63) is 36.0 Å². The maximum atomic E-state index is 2.25. The van der Waals surface area contributed by atoms with Crippen LogP contribution in [0.15, 0.2) is 36.0 Å². The Balaban J connectivity index is 0. The van der Waals surface area contributed by atoms with Crippen LogP contribution in [0.25, 0.3) is 0 Å². The van der Waals surface area contributed by atoms with E-state index in [1.54, 1.807) is 0 Å². The lowest BCUT2D eigenvalue weighted by molar-refractivity contribution is 0.928. The molecule has 1 atom stereocenters. The molecule has 0 aliphatic heterocycles. The standard InChI is InChI=1S/C11H18.C2H6/c1-5-7-10(3)9-11(4)8-6-2;1-2/h5-10H,1-4H3;1-2H3/b7-5-,8-6-,11-9-;. The third-order valence-electron chi connectivity index (χ3n) is 1.45. The minimum absolute atomic E-state index is 0.552. The van der Waals surface area contributed by atoms with Crippen LogP contribution >= 0.6 is 0 Å². The normalized spacial score (nSPS) is 14.5. The molecule has 0 radical (unpaired) electrons. The molecular formula is C13H24. The van der Waals surface area contributed by atoms with Crippen LogP contribution in [0, 0.1) is 5.92 Å². The fraction of sp³-hybridized carbons (Fsp3) is 0.538. The Labute approximate surface area is 84.1 Å². The van der Waals surface area contributed by atoms with Gasteiger partial charge in [-0.1, -0.05) is 56.7 Å². The zero-order valence-corrected chi connectivity index (χ0v) is 9.96. The molecule has 0 aliphatic carbocycles. The fourth-order valence-electron chi connectivity index (χ4n) is 1.09. The molecule has 0 fully saturated rings. The molecule has 0 amide bonds. The molecule has 0 heterocycles. The van der Waals surface area contributed by atoms with Crippen molar-refractivity contribution in [1.82, 2.24) is 0 Å². The molecule has 0 aliphatic rings. The minimum Gasteiger partial charge on any atom is -0.0911 e. The van der Waals surface area contributed by atoms with Crippen molar-refractivity contribution in [1.29, 1.82) is 0 Å². The van der Waals surface area contributed by atoms with Gasteiger partial charge in [-0.2, -0.15) is 0 Å². The SMILES string of the molecule is C/C=C\C(C)=C/C(C)/C=C\C.CC. The molecule has 0 N–H and O–H groups in total. The first kappa shape index (κ1) is 14.7. The highest BCUT2D eigenvalue weighted by Crippen LogP contribution is 2.05. The molecule has 0 bridgehead atoms. The summed E-state index contributed by atoms with van der Waals surface area (Å²) in [5, 5.41) is 0. The van der Waals surface area contributed by atoms with Crippen LogP contribution in [-0.4, -0.2) is 0 Å². The summed E-state index contributed by atoms with van der Waals surface area (Å²) < 4.78 is 0. The quantitative estimate of drug-likeness (QED) is 0.434. The first-order chi connectivity index (χ1) is 6.20. The van der Waals surface area contributed by atoms with Crippen molar-refractivity contribution in [2.24, 2.45) is 5.92 Å². The topological polar surface area (TPSA) is 0 Å². The molecule has 0 saturated carbocycles. The van der Waals surface area contributed by atoms with E-state index in [2.05, 4.69) is 51.2 Å². The van der Waals surface area contributed by atoms with Gasteiger partial charge >= 0.3 is 0 Å². The van der Waals surface area contributed by atoms with Crippen LogP contribution in [-0.2, 0) is 0 Å². The highest BCUT2D eigenvalue weighted by Gasteiger charge is 1.89. The van der Waals surface area contributed by atoms with Gasteiger partial charge in [0.05, 0.1) is 0 Å². The second-order valence-corrected chi connectivity index (χ2v) is 2.80. The van der Waals surface area contributed by atoms with E-state index in [0.717, 1.165) is 0 Å². The predicted molar refractivity (Wildman–Crippen MR) is 63.9 cm³/mol. The second-order valence-electron chi connectivity index (χ2n) is 2.80. The van der Waals surface area contributed by atoms with Gasteiger partial charge in [0.15, 0.2) is 0 Å². The number of hydrogen-bond acceptors (Lipinski definition) is 0. The lowest BCUT2D eigenvalue weighted by Gasteiger charge is -1.98. The Morgan fingerprint density at radius 1 is 1.08 bits per heavy atom. The summed E-state index contributed by atoms with van der Waals surface area (Å²) in [5.74, 6) is 0.552. The van der Waals surface area contributed by atoms with E-state index in [1.807, 2.05) is 20.8 Å². The number of allylic oxidation sites excluding steroid dienone is 6. The third-order valence-corrected chi connectivity index (χ3v) is 1.45. The van der Waals surface area contributed by atoms with E-state index < -0.39 is 0 Å². The van der Waals surface area contributed by atoms with Crippen molar-refractivity contribution in [3.63, 3.8) is 0 Å². The molecule has 0 heteroatoms. The van der Waals surface area contributed by atoms with Crippen molar-refractivity contribution in [3.8, 4) is 0 Å². The average Bonchev–Trinajstić information content (AvgIpc) is 2.08. The van der Waals surface area contributed by atoms with E-state index in [0.29, 0.717) is 5.92 Å². The summed E-state index contributed by atoms with van der Waals surface area (Å²) in [6, 6.07) is 0. The van der Waals surface area contributed by atoms with Crippen LogP contribution in [0.1, 0.15) is 41.5 Å². The van der Waals surface area contributed by atoms with Crippen LogP contribution in [0.2, 0.25) is 0 Å². The van der Waals surface area contributed by atoms with Crippen molar-refractivity contribution < 1.29 is 0 Å². The molecule has 0 saturated heterocycles. The zero-order chi connectivity index (χ0) is 10.7. The number of hydrogen-bond donors (Lipinski definition) is 0. The summed E-state index contributed by atoms with van der Waals surface area (Å²) in [6.07, 6.45) is 10.7. The molecule has 0 nitrogen and oxygen atoms in total. The van der Waals surface area contributed by atoms with Gasteiger partial charge < -0.3 is 0 Å². The minimum atomic E-state index is 0.552. The van der Waals surface area contributed by atoms with Crippen LogP contribution in [0.3, 0.4) is 0 Å². The van der Waals surface area contributed by atoms with E-state index >= 15 is 0 Å². The van der Waals surface area contributed by atoms with Crippen LogP contribution < -0.4 is 0 Å². The molecule has 13 heavy (non-hydrogen) atoms. The molecule has 76 valence electrons. The van der Waals surface area contributed by atoms with Gasteiger partial charge in [-0.05, 0) is 26.7 Å². The summed E-state index contributed by atoms with van der Waals surface area (Å²) in [6.45, 7) is 12.4. The van der Waals surface area contributed by atoms with Gasteiger partial charge in [-0.3, -0.25) is 0 Å². The van der Waals surface area contributed by atoms with Crippen molar-refractivity contribution >= 4 is 0 Å². The smallest absolute Gasteiger partial charge is 0.00763 e. The van der Waals surface area contributed by atoms with Gasteiger partial charge in [0.1, 0.15) is 0 Å². The van der Waals surface area contributed by atoms with E-state index in [-0.39, 0.29) is 0 Å². The number of rotatable bonds is 3. The predicted octanol–water partition coefficient (Wildman–Crippen LogP) is 4.75. The van der Waals surface area contributed by atoms with Crippen LogP contribution in [0.5, 0.6) is 0 Å². The summed E-state index contributed by atoms with van der Waals surface area (Å²) in [4.78, 5) is 0. The van der Waals surface area contributed by atoms with Gasteiger partial charge in [-0.25, -0.2) is 0 Å². The Hall–Kier alpha value is -0.780. The molecule has 0 rings (SSSR count). The van der Waals surface area contributed by atoms with Gasteiger partial charge in [-0.15, -0.1) is 0 Å². The monoisotopic (exact) mass is 180 g/mol. The lowest BCUT2D eigenvalue weighted by atomic mass is 10.1. The molecule has 0 aromatic rings. The third kappa shape index (κ3) is 11.2. The molecule has 1 unspecified atom stereocenters. The first-order valence-corrected chi connectivity index (χ1v) is 5.14. The van der Waals surface area contributed by atoms with Gasteiger partial charge in [0, 0.05) is 0 Å². The maximum Gasteiger partial charge on any atom is -0.00763 e. The summed E-state index contributed by atoms with van der Waals surface area (Å²) in [7, 11) is 0. The highest BCUT2D eigenvalue weighted by molar-refractivity contribution is 5.17.